The van der Waals surface area contributed by atoms with Crippen molar-refractivity contribution in [1.29, 1.82) is 0 Å². The predicted octanol–water partition coefficient (Wildman–Crippen LogP) is 3.96. The van der Waals surface area contributed by atoms with Gasteiger partial charge in [-0.3, -0.25) is 9.69 Å². The molecule has 0 aromatic carbocycles. The first kappa shape index (κ1) is 19.8. The van der Waals surface area contributed by atoms with Crippen LogP contribution >= 0.6 is 0 Å². The molecule has 148 valence electrons. The molecule has 3 rings (SSSR count). The Bertz CT molecular complexity index is 741. The van der Waals surface area contributed by atoms with Crippen molar-refractivity contribution < 1.29 is 4.79 Å². The fraction of sp³-hybridized carbons (Fsp3) is 0.619. The number of nitrogens with one attached hydrogen (secondary N) is 2. The van der Waals surface area contributed by atoms with Crippen LogP contribution in [0.5, 0.6) is 0 Å². The molecule has 27 heavy (non-hydrogen) atoms. The lowest BCUT2D eigenvalue weighted by Crippen LogP contribution is -2.17. The summed E-state index contributed by atoms with van der Waals surface area (Å²) in [6, 6.07) is 4.59. The standard InChI is InChI=1S/C21H33N5O/c1-26-12-8-9-19(26)18-13-16-15-23-20(14-17(16)24-18)25-21(27)10-6-4-2-3-5-7-11-22/h13-15,19,24H,2-12,22H2,1H3,(H,23,25,27)/t19-/m1/s1. The van der Waals surface area contributed by atoms with Crippen LogP contribution in [0.15, 0.2) is 18.3 Å². The molecule has 0 radical (unpaired) electrons. The Labute approximate surface area is 161 Å². The number of aromatic nitrogens is 2. The Morgan fingerprint density at radius 3 is 2.78 bits per heavy atom. The number of nitrogens with zero attached hydrogens (tertiary/aromatic N) is 2. The van der Waals surface area contributed by atoms with Gasteiger partial charge in [0.25, 0.3) is 0 Å². The molecule has 6 nitrogen and oxygen atoms in total. The van der Waals surface area contributed by atoms with Crippen LogP contribution in [0.4, 0.5) is 5.82 Å². The maximum Gasteiger partial charge on any atom is 0.225 e. The van der Waals surface area contributed by atoms with Gasteiger partial charge >= 0.3 is 0 Å². The number of hydrogen-bond donors (Lipinski definition) is 3. The molecular weight excluding hydrogens is 338 g/mol. The fourth-order valence-electron chi connectivity index (χ4n) is 3.94. The van der Waals surface area contributed by atoms with Gasteiger partial charge in [0.05, 0.1) is 5.52 Å². The molecule has 1 amide bonds. The number of anilines is 1. The normalized spacial score (nSPS) is 17.6. The number of hydrogen-bond acceptors (Lipinski definition) is 4. The van der Waals surface area contributed by atoms with E-state index in [0.29, 0.717) is 18.3 Å². The zero-order chi connectivity index (χ0) is 19.1. The maximum atomic E-state index is 12.2. The summed E-state index contributed by atoms with van der Waals surface area (Å²) >= 11 is 0. The van der Waals surface area contributed by atoms with Crippen molar-refractivity contribution in [1.82, 2.24) is 14.9 Å². The second-order valence-corrected chi connectivity index (χ2v) is 7.73. The van der Waals surface area contributed by atoms with Crippen molar-refractivity contribution in [3.05, 3.63) is 24.0 Å². The number of carbonyl (C=O) groups excluding carboxylic acids is 1. The second kappa shape index (κ2) is 9.85. The molecule has 3 heterocycles. The third-order valence-electron chi connectivity index (χ3n) is 5.53. The van der Waals surface area contributed by atoms with Gasteiger partial charge in [0.15, 0.2) is 0 Å². The van der Waals surface area contributed by atoms with Crippen molar-refractivity contribution in [2.75, 3.05) is 25.5 Å². The molecule has 6 heteroatoms. The summed E-state index contributed by atoms with van der Waals surface area (Å²) in [5.41, 5.74) is 7.77. The van der Waals surface area contributed by atoms with E-state index in [9.17, 15) is 4.79 Å². The summed E-state index contributed by atoms with van der Waals surface area (Å²) in [5.74, 6) is 0.676. The number of unbranched alkanes of at least 4 members (excludes halogenated alkanes) is 5. The SMILES string of the molecule is CN1CCC[C@@H]1c1cc2cnc(NC(=O)CCCCCCCCN)cc2[nH]1. The van der Waals surface area contributed by atoms with Crippen molar-refractivity contribution >= 4 is 22.6 Å². The van der Waals surface area contributed by atoms with Gasteiger partial charge in [-0.25, -0.2) is 4.98 Å². The van der Waals surface area contributed by atoms with E-state index >= 15 is 0 Å². The average Bonchev–Trinajstić information content (AvgIpc) is 3.26. The molecule has 0 spiro atoms. The quantitative estimate of drug-likeness (QED) is 0.552. The number of H-pyrrole nitrogens is 1. The first-order chi connectivity index (χ1) is 13.2. The van der Waals surface area contributed by atoms with E-state index in [1.54, 1.807) is 0 Å². The van der Waals surface area contributed by atoms with E-state index in [-0.39, 0.29) is 5.91 Å². The minimum absolute atomic E-state index is 0.0473. The molecule has 1 fully saturated rings. The highest BCUT2D eigenvalue weighted by atomic mass is 16.1. The van der Waals surface area contributed by atoms with Gasteiger partial charge < -0.3 is 16.0 Å². The number of fused-ring (bicyclic) bond motifs is 1. The van der Waals surface area contributed by atoms with Crippen LogP contribution in [-0.4, -0.2) is 40.9 Å². The smallest absolute Gasteiger partial charge is 0.225 e. The first-order valence-electron chi connectivity index (χ1n) is 10.4. The van der Waals surface area contributed by atoms with Crippen molar-refractivity contribution in [2.45, 2.75) is 63.8 Å². The van der Waals surface area contributed by atoms with Crippen LogP contribution in [-0.2, 0) is 4.79 Å². The van der Waals surface area contributed by atoms with Gasteiger partial charge in [-0.2, -0.15) is 0 Å². The van der Waals surface area contributed by atoms with Crippen LogP contribution in [0, 0.1) is 0 Å². The maximum absolute atomic E-state index is 12.2. The Hall–Kier alpha value is -1.92. The summed E-state index contributed by atoms with van der Waals surface area (Å²) in [4.78, 5) is 22.5. The van der Waals surface area contributed by atoms with Gasteiger partial charge in [0.2, 0.25) is 5.91 Å². The number of aromatic amines is 1. The highest BCUT2D eigenvalue weighted by molar-refractivity contribution is 5.92. The number of likely N-dealkylation sites (tertiary alicyclic amines) is 1. The summed E-state index contributed by atoms with van der Waals surface area (Å²) in [6.45, 7) is 1.92. The lowest BCUT2D eigenvalue weighted by Gasteiger charge is -2.17. The van der Waals surface area contributed by atoms with Crippen molar-refractivity contribution in [3.8, 4) is 0 Å². The van der Waals surface area contributed by atoms with Gasteiger partial charge in [-0.15, -0.1) is 0 Å². The summed E-state index contributed by atoms with van der Waals surface area (Å²) < 4.78 is 0. The summed E-state index contributed by atoms with van der Waals surface area (Å²) in [6.07, 6.45) is 11.5. The molecular formula is C21H33N5O. The van der Waals surface area contributed by atoms with E-state index in [1.807, 2.05) is 12.3 Å². The van der Waals surface area contributed by atoms with E-state index in [2.05, 4.69) is 33.3 Å². The Morgan fingerprint density at radius 1 is 1.26 bits per heavy atom. The lowest BCUT2D eigenvalue weighted by atomic mass is 10.1. The zero-order valence-corrected chi connectivity index (χ0v) is 16.5. The van der Waals surface area contributed by atoms with Crippen LogP contribution in [0.1, 0.15) is 69.5 Å². The van der Waals surface area contributed by atoms with Gasteiger partial charge in [-0.05, 0) is 51.9 Å². The van der Waals surface area contributed by atoms with E-state index in [4.69, 9.17) is 5.73 Å². The Kier molecular flexibility index (Phi) is 7.24. The van der Waals surface area contributed by atoms with Crippen molar-refractivity contribution in [3.63, 3.8) is 0 Å². The molecule has 0 unspecified atom stereocenters. The number of rotatable bonds is 10. The molecule has 0 saturated carbocycles. The minimum Gasteiger partial charge on any atom is -0.357 e. The second-order valence-electron chi connectivity index (χ2n) is 7.73. The fourth-order valence-corrected chi connectivity index (χ4v) is 3.94. The molecule has 4 N–H and O–H groups in total. The van der Waals surface area contributed by atoms with Crippen molar-refractivity contribution in [2.24, 2.45) is 5.73 Å². The minimum atomic E-state index is 0.0473. The Morgan fingerprint density at radius 2 is 2.04 bits per heavy atom. The van der Waals surface area contributed by atoms with Crippen LogP contribution < -0.4 is 11.1 Å². The van der Waals surface area contributed by atoms with Gasteiger partial charge in [-0.1, -0.05) is 25.7 Å². The molecule has 2 aromatic rings. The topological polar surface area (TPSA) is 87.0 Å². The number of pyridine rings is 1. The molecule has 1 atom stereocenters. The molecule has 2 aromatic heterocycles. The number of nitrogens with two attached hydrogens (primary N) is 1. The molecule has 1 saturated heterocycles. The lowest BCUT2D eigenvalue weighted by molar-refractivity contribution is -0.116. The van der Waals surface area contributed by atoms with Gasteiger partial charge in [0.1, 0.15) is 5.82 Å². The highest BCUT2D eigenvalue weighted by Crippen LogP contribution is 2.31. The number of carbonyl (C=O) groups is 1. The van der Waals surface area contributed by atoms with Crippen LogP contribution in [0.2, 0.25) is 0 Å². The number of amides is 1. The zero-order valence-electron chi connectivity index (χ0n) is 16.5. The summed E-state index contributed by atoms with van der Waals surface area (Å²) in [7, 11) is 2.17. The van der Waals surface area contributed by atoms with E-state index < -0.39 is 0 Å². The van der Waals surface area contributed by atoms with Crippen LogP contribution in [0.3, 0.4) is 0 Å². The predicted molar refractivity (Wildman–Crippen MR) is 111 cm³/mol. The average molecular weight is 372 g/mol. The molecule has 1 aliphatic heterocycles. The summed E-state index contributed by atoms with van der Waals surface area (Å²) in [5, 5.41) is 4.03. The van der Waals surface area contributed by atoms with E-state index in [1.165, 1.54) is 37.8 Å². The molecule has 0 bridgehead atoms. The Balaban J connectivity index is 1.48. The highest BCUT2D eigenvalue weighted by Gasteiger charge is 2.24. The molecule has 1 aliphatic rings. The third kappa shape index (κ3) is 5.53. The first-order valence-corrected chi connectivity index (χ1v) is 10.4. The largest absolute Gasteiger partial charge is 0.357 e. The third-order valence-corrected chi connectivity index (χ3v) is 5.53. The van der Waals surface area contributed by atoms with Gasteiger partial charge in [0, 0.05) is 35.8 Å². The molecule has 0 aliphatic carbocycles. The van der Waals surface area contributed by atoms with Crippen LogP contribution in [0.25, 0.3) is 10.9 Å². The monoisotopic (exact) mass is 371 g/mol. The van der Waals surface area contributed by atoms with E-state index in [0.717, 1.165) is 43.3 Å².